The highest BCUT2D eigenvalue weighted by Gasteiger charge is 2.19. The molecule has 0 bridgehead atoms. The van der Waals surface area contributed by atoms with Gasteiger partial charge in [0.25, 0.3) is 0 Å². The summed E-state index contributed by atoms with van der Waals surface area (Å²) in [6.45, 7) is 4.84. The van der Waals surface area contributed by atoms with Gasteiger partial charge in [0.2, 0.25) is 12.7 Å². The summed E-state index contributed by atoms with van der Waals surface area (Å²) in [6.07, 6.45) is 0. The summed E-state index contributed by atoms with van der Waals surface area (Å²) in [4.78, 5) is 4.47. The van der Waals surface area contributed by atoms with E-state index in [1.165, 1.54) is 0 Å². The fourth-order valence-corrected chi connectivity index (χ4v) is 2.01. The lowest BCUT2D eigenvalue weighted by molar-refractivity contribution is 0.174. The van der Waals surface area contributed by atoms with Crippen molar-refractivity contribution in [1.82, 2.24) is 4.98 Å². The van der Waals surface area contributed by atoms with Gasteiger partial charge < -0.3 is 14.2 Å². The number of benzene rings is 1. The maximum absolute atomic E-state index is 5.46. The van der Waals surface area contributed by atoms with Gasteiger partial charge in [0.1, 0.15) is 5.52 Å². The Morgan fingerprint density at radius 1 is 1.35 bits per heavy atom. The fourth-order valence-electron chi connectivity index (χ4n) is 2.01. The SMILES string of the molecule is CCOc1cc(C)c2ccc3c(c2n1)OCO3. The Hall–Kier alpha value is -1.97. The van der Waals surface area contributed by atoms with Crippen LogP contribution in [-0.2, 0) is 0 Å². The minimum Gasteiger partial charge on any atom is -0.478 e. The van der Waals surface area contributed by atoms with E-state index in [1.807, 2.05) is 32.0 Å². The largest absolute Gasteiger partial charge is 0.478 e. The number of hydrogen-bond donors (Lipinski definition) is 0. The summed E-state index contributed by atoms with van der Waals surface area (Å²) in [5.41, 5.74) is 1.93. The summed E-state index contributed by atoms with van der Waals surface area (Å²) in [6, 6.07) is 5.86. The Morgan fingerprint density at radius 2 is 2.24 bits per heavy atom. The van der Waals surface area contributed by atoms with Crippen molar-refractivity contribution in [2.45, 2.75) is 13.8 Å². The first kappa shape index (κ1) is 10.2. The molecule has 1 aromatic carbocycles. The fraction of sp³-hybridized carbons (Fsp3) is 0.308. The molecule has 1 aliphatic rings. The van der Waals surface area contributed by atoms with E-state index in [0.717, 1.165) is 22.2 Å². The van der Waals surface area contributed by atoms with Gasteiger partial charge in [0, 0.05) is 11.5 Å². The van der Waals surface area contributed by atoms with Crippen LogP contribution in [0.2, 0.25) is 0 Å². The van der Waals surface area contributed by atoms with Gasteiger partial charge in [-0.1, -0.05) is 0 Å². The first-order valence-corrected chi connectivity index (χ1v) is 5.62. The summed E-state index contributed by atoms with van der Waals surface area (Å²) in [7, 11) is 0. The van der Waals surface area contributed by atoms with Gasteiger partial charge in [0.15, 0.2) is 11.5 Å². The Bertz CT molecular complexity index is 580. The molecule has 0 radical (unpaired) electrons. The van der Waals surface area contributed by atoms with Crippen LogP contribution in [-0.4, -0.2) is 18.4 Å². The summed E-state index contributed by atoms with van der Waals surface area (Å²) in [5.74, 6) is 2.09. The molecule has 2 aromatic rings. The highest BCUT2D eigenvalue weighted by atomic mass is 16.7. The molecule has 1 aromatic heterocycles. The van der Waals surface area contributed by atoms with Crippen LogP contribution in [0.15, 0.2) is 18.2 Å². The molecule has 4 heteroatoms. The van der Waals surface area contributed by atoms with Gasteiger partial charge in [-0.3, -0.25) is 0 Å². The lowest BCUT2D eigenvalue weighted by atomic mass is 10.1. The molecule has 17 heavy (non-hydrogen) atoms. The van der Waals surface area contributed by atoms with Gasteiger partial charge in [-0.05, 0) is 31.5 Å². The molecule has 0 N–H and O–H groups in total. The van der Waals surface area contributed by atoms with E-state index in [4.69, 9.17) is 14.2 Å². The second-order valence-corrected chi connectivity index (χ2v) is 3.91. The molecule has 1 aliphatic heterocycles. The minimum absolute atomic E-state index is 0.258. The number of nitrogens with zero attached hydrogens (tertiary/aromatic N) is 1. The van der Waals surface area contributed by atoms with Crippen molar-refractivity contribution in [2.75, 3.05) is 13.4 Å². The van der Waals surface area contributed by atoms with Crippen LogP contribution in [0.4, 0.5) is 0 Å². The summed E-state index contributed by atoms with van der Waals surface area (Å²) < 4.78 is 16.2. The standard InChI is InChI=1S/C13H13NO3/c1-3-15-11-6-8(2)9-4-5-10-13(12(9)14-11)17-7-16-10/h4-6H,3,7H2,1-2H3. The van der Waals surface area contributed by atoms with E-state index in [0.29, 0.717) is 18.2 Å². The Balaban J connectivity index is 2.27. The molecule has 0 atom stereocenters. The average Bonchev–Trinajstić information content (AvgIpc) is 2.77. The second-order valence-electron chi connectivity index (χ2n) is 3.91. The third-order valence-electron chi connectivity index (χ3n) is 2.79. The smallest absolute Gasteiger partial charge is 0.231 e. The van der Waals surface area contributed by atoms with Crippen LogP contribution in [0.25, 0.3) is 10.9 Å². The second kappa shape index (κ2) is 3.80. The predicted octanol–water partition coefficient (Wildman–Crippen LogP) is 2.67. The molecule has 0 aliphatic carbocycles. The van der Waals surface area contributed by atoms with E-state index >= 15 is 0 Å². The van der Waals surface area contributed by atoms with E-state index in [9.17, 15) is 0 Å². The topological polar surface area (TPSA) is 40.6 Å². The highest BCUT2D eigenvalue weighted by Crippen LogP contribution is 2.39. The third kappa shape index (κ3) is 1.56. The molecule has 0 unspecified atom stereocenters. The van der Waals surface area contributed by atoms with Crippen LogP contribution in [0.3, 0.4) is 0 Å². The van der Waals surface area contributed by atoms with Gasteiger partial charge in [-0.2, -0.15) is 0 Å². The zero-order chi connectivity index (χ0) is 11.8. The van der Waals surface area contributed by atoms with E-state index in [2.05, 4.69) is 4.98 Å². The third-order valence-corrected chi connectivity index (χ3v) is 2.79. The number of rotatable bonds is 2. The quantitative estimate of drug-likeness (QED) is 0.796. The Labute approximate surface area is 99.1 Å². The van der Waals surface area contributed by atoms with Crippen LogP contribution < -0.4 is 14.2 Å². The molecule has 0 saturated carbocycles. The predicted molar refractivity (Wildman–Crippen MR) is 63.8 cm³/mol. The first-order chi connectivity index (χ1) is 8.29. The van der Waals surface area contributed by atoms with Crippen molar-refractivity contribution >= 4 is 10.9 Å². The Kier molecular flexibility index (Phi) is 2.28. The van der Waals surface area contributed by atoms with Crippen molar-refractivity contribution in [2.24, 2.45) is 0 Å². The first-order valence-electron chi connectivity index (χ1n) is 5.62. The normalized spacial score (nSPS) is 13.1. The number of ether oxygens (including phenoxy) is 3. The Morgan fingerprint density at radius 3 is 3.06 bits per heavy atom. The van der Waals surface area contributed by atoms with Gasteiger partial charge in [0.05, 0.1) is 6.61 Å². The zero-order valence-corrected chi connectivity index (χ0v) is 9.82. The highest BCUT2D eigenvalue weighted by molar-refractivity contribution is 5.90. The molecule has 0 saturated heterocycles. The van der Waals surface area contributed by atoms with Crippen LogP contribution in [0, 0.1) is 6.92 Å². The van der Waals surface area contributed by atoms with Gasteiger partial charge >= 0.3 is 0 Å². The monoisotopic (exact) mass is 231 g/mol. The van der Waals surface area contributed by atoms with Crippen molar-refractivity contribution in [3.63, 3.8) is 0 Å². The van der Waals surface area contributed by atoms with Gasteiger partial charge in [-0.25, -0.2) is 4.98 Å². The molecule has 88 valence electrons. The molecule has 3 rings (SSSR count). The molecular formula is C13H13NO3. The van der Waals surface area contributed by atoms with Crippen LogP contribution in [0.1, 0.15) is 12.5 Å². The van der Waals surface area contributed by atoms with E-state index < -0.39 is 0 Å². The lowest BCUT2D eigenvalue weighted by Gasteiger charge is -2.08. The number of pyridine rings is 1. The molecule has 0 spiro atoms. The molecular weight excluding hydrogens is 218 g/mol. The minimum atomic E-state index is 0.258. The van der Waals surface area contributed by atoms with Crippen molar-refractivity contribution in [3.8, 4) is 17.4 Å². The average molecular weight is 231 g/mol. The lowest BCUT2D eigenvalue weighted by Crippen LogP contribution is -1.97. The number of aromatic nitrogens is 1. The van der Waals surface area contributed by atoms with E-state index in [-0.39, 0.29) is 6.79 Å². The number of aryl methyl sites for hydroxylation is 1. The van der Waals surface area contributed by atoms with Crippen LogP contribution in [0.5, 0.6) is 17.4 Å². The molecule has 0 fully saturated rings. The molecule has 0 amide bonds. The van der Waals surface area contributed by atoms with Crippen molar-refractivity contribution in [1.29, 1.82) is 0 Å². The summed E-state index contributed by atoms with van der Waals surface area (Å²) >= 11 is 0. The number of hydrogen-bond acceptors (Lipinski definition) is 4. The summed E-state index contributed by atoms with van der Waals surface area (Å²) in [5, 5.41) is 1.07. The number of fused-ring (bicyclic) bond motifs is 3. The van der Waals surface area contributed by atoms with Crippen molar-refractivity contribution < 1.29 is 14.2 Å². The maximum Gasteiger partial charge on any atom is 0.231 e. The van der Waals surface area contributed by atoms with E-state index in [1.54, 1.807) is 0 Å². The molecule has 2 heterocycles. The zero-order valence-electron chi connectivity index (χ0n) is 9.82. The molecule has 4 nitrogen and oxygen atoms in total. The van der Waals surface area contributed by atoms with Crippen LogP contribution >= 0.6 is 0 Å². The van der Waals surface area contributed by atoms with Gasteiger partial charge in [-0.15, -0.1) is 0 Å². The van der Waals surface area contributed by atoms with Crippen molar-refractivity contribution in [3.05, 3.63) is 23.8 Å². The maximum atomic E-state index is 5.46.